The summed E-state index contributed by atoms with van der Waals surface area (Å²) in [5, 5.41) is 0. The van der Waals surface area contributed by atoms with Crippen LogP contribution in [0.3, 0.4) is 0 Å². The molecule has 0 aromatic heterocycles. The van der Waals surface area contributed by atoms with Crippen molar-refractivity contribution in [2.75, 3.05) is 20.8 Å². The Labute approximate surface area is 163 Å². The highest BCUT2D eigenvalue weighted by atomic mass is 16.5. The molecule has 0 spiro atoms. The van der Waals surface area contributed by atoms with Crippen LogP contribution in [0.15, 0.2) is 40.3 Å². The van der Waals surface area contributed by atoms with E-state index in [0.717, 1.165) is 6.42 Å². The molecule has 27 heavy (non-hydrogen) atoms. The highest BCUT2D eigenvalue weighted by Crippen LogP contribution is 2.25. The molecule has 1 aliphatic rings. The first kappa shape index (κ1) is 21.4. The van der Waals surface area contributed by atoms with Gasteiger partial charge in [0.1, 0.15) is 12.1 Å². The number of nitrogens with zero attached hydrogens (tertiary/aromatic N) is 2. The van der Waals surface area contributed by atoms with Gasteiger partial charge in [-0.25, -0.2) is 9.98 Å². The predicted molar refractivity (Wildman–Crippen MR) is 110 cm³/mol. The van der Waals surface area contributed by atoms with Gasteiger partial charge in [-0.2, -0.15) is 0 Å². The van der Waals surface area contributed by atoms with Crippen molar-refractivity contribution >= 4 is 11.8 Å². The minimum Gasteiger partial charge on any atom is -0.483 e. The van der Waals surface area contributed by atoms with Crippen molar-refractivity contribution in [2.24, 2.45) is 27.7 Å². The Morgan fingerprint density at radius 1 is 0.926 bits per heavy atom. The Morgan fingerprint density at radius 3 is 2.15 bits per heavy atom. The van der Waals surface area contributed by atoms with E-state index < -0.39 is 0 Å². The minimum absolute atomic E-state index is 0.0759. The Hall–Kier alpha value is -1.88. The first-order valence-electron chi connectivity index (χ1n) is 9.81. The third-order valence-electron chi connectivity index (χ3n) is 5.05. The van der Waals surface area contributed by atoms with Gasteiger partial charge in [0.25, 0.3) is 0 Å². The minimum atomic E-state index is -0.118. The van der Waals surface area contributed by atoms with Crippen molar-refractivity contribution in [3.8, 4) is 0 Å². The lowest BCUT2D eigenvalue weighted by atomic mass is 9.89. The molecule has 1 aromatic carbocycles. The van der Waals surface area contributed by atoms with E-state index in [1.54, 1.807) is 14.2 Å². The number of rotatable bonds is 8. The van der Waals surface area contributed by atoms with Crippen molar-refractivity contribution in [3.63, 3.8) is 0 Å². The molecule has 1 heterocycles. The van der Waals surface area contributed by atoms with Gasteiger partial charge in [0.15, 0.2) is 0 Å². The van der Waals surface area contributed by atoms with Crippen molar-refractivity contribution in [1.82, 2.24) is 0 Å². The molecule has 0 radical (unpaired) electrons. The van der Waals surface area contributed by atoms with Crippen molar-refractivity contribution < 1.29 is 14.2 Å². The topological polar surface area (TPSA) is 52.4 Å². The standard InChI is InChI=1S/C22H34N2O3/c1-15(2)18(14-27-13-17-10-8-7-9-11-17)12-19-21(25-5)24-20(16(3)4)22(23-19)26-6/h7-11,15-16,18-20H,12-14H2,1-6H3/t18-,19-,20+/m0/s1. The molecule has 3 atom stereocenters. The van der Waals surface area contributed by atoms with E-state index in [2.05, 4.69) is 39.8 Å². The SMILES string of the molecule is COC1=N[C@H](C(C)C)C(OC)=N[C@H]1C[C@@H](COCc1ccccc1)C(C)C. The molecule has 2 rings (SSSR count). The third-order valence-corrected chi connectivity index (χ3v) is 5.05. The zero-order valence-electron chi connectivity index (χ0n) is 17.5. The van der Waals surface area contributed by atoms with Crippen LogP contribution in [0.5, 0.6) is 0 Å². The number of methoxy groups -OCH3 is 2. The smallest absolute Gasteiger partial charge is 0.209 e. The molecule has 5 heteroatoms. The molecule has 5 nitrogen and oxygen atoms in total. The fourth-order valence-corrected chi connectivity index (χ4v) is 3.24. The number of aliphatic imine (C=N–C) groups is 2. The number of hydrogen-bond donors (Lipinski definition) is 0. The van der Waals surface area contributed by atoms with Gasteiger partial charge in [0.2, 0.25) is 11.8 Å². The second-order valence-corrected chi connectivity index (χ2v) is 7.79. The lowest BCUT2D eigenvalue weighted by Gasteiger charge is -2.30. The molecule has 0 saturated carbocycles. The van der Waals surface area contributed by atoms with Crippen LogP contribution in [0.1, 0.15) is 39.7 Å². The summed E-state index contributed by atoms with van der Waals surface area (Å²) in [5.41, 5.74) is 1.19. The summed E-state index contributed by atoms with van der Waals surface area (Å²) < 4.78 is 17.1. The van der Waals surface area contributed by atoms with Crippen LogP contribution < -0.4 is 0 Å². The number of benzene rings is 1. The molecule has 150 valence electrons. The largest absolute Gasteiger partial charge is 0.483 e. The molecule has 0 fully saturated rings. The predicted octanol–water partition coefficient (Wildman–Crippen LogP) is 4.36. The van der Waals surface area contributed by atoms with Gasteiger partial charge in [-0.3, -0.25) is 0 Å². The Kier molecular flexibility index (Phi) is 8.29. The van der Waals surface area contributed by atoms with Crippen LogP contribution in [0, 0.1) is 17.8 Å². The van der Waals surface area contributed by atoms with E-state index in [-0.39, 0.29) is 12.1 Å². The second kappa shape index (κ2) is 10.5. The van der Waals surface area contributed by atoms with Crippen LogP contribution in [0.2, 0.25) is 0 Å². The summed E-state index contributed by atoms with van der Waals surface area (Å²) in [6, 6.07) is 10.1. The molecule has 0 N–H and O–H groups in total. The molecule has 0 aliphatic carbocycles. The van der Waals surface area contributed by atoms with Gasteiger partial charge in [0, 0.05) is 0 Å². The monoisotopic (exact) mass is 374 g/mol. The Morgan fingerprint density at radius 2 is 1.59 bits per heavy atom. The lowest BCUT2D eigenvalue weighted by molar-refractivity contribution is 0.0667. The zero-order chi connectivity index (χ0) is 19.8. The molecular formula is C22H34N2O3. The number of hydrogen-bond acceptors (Lipinski definition) is 5. The van der Waals surface area contributed by atoms with Crippen LogP contribution in [-0.4, -0.2) is 44.7 Å². The molecule has 1 aliphatic heterocycles. The fraction of sp³-hybridized carbons (Fsp3) is 0.636. The van der Waals surface area contributed by atoms with E-state index in [9.17, 15) is 0 Å². The summed E-state index contributed by atoms with van der Waals surface area (Å²) in [5.74, 6) is 2.54. The molecule has 0 saturated heterocycles. The van der Waals surface area contributed by atoms with Crippen LogP contribution in [0.25, 0.3) is 0 Å². The highest BCUT2D eigenvalue weighted by Gasteiger charge is 2.32. The third kappa shape index (κ3) is 6.06. The number of ether oxygens (including phenoxy) is 3. The summed E-state index contributed by atoms with van der Waals surface area (Å²) in [6.07, 6.45) is 0.830. The van der Waals surface area contributed by atoms with E-state index in [4.69, 9.17) is 24.2 Å². The second-order valence-electron chi connectivity index (χ2n) is 7.79. The van der Waals surface area contributed by atoms with Crippen molar-refractivity contribution in [3.05, 3.63) is 35.9 Å². The Bertz CT molecular complexity index is 626. The highest BCUT2D eigenvalue weighted by molar-refractivity contribution is 5.94. The van der Waals surface area contributed by atoms with E-state index in [0.29, 0.717) is 42.8 Å². The zero-order valence-corrected chi connectivity index (χ0v) is 17.5. The van der Waals surface area contributed by atoms with Crippen LogP contribution in [-0.2, 0) is 20.8 Å². The first-order valence-corrected chi connectivity index (χ1v) is 9.81. The lowest BCUT2D eigenvalue weighted by Crippen LogP contribution is -2.39. The summed E-state index contributed by atoms with van der Waals surface area (Å²) in [7, 11) is 3.34. The van der Waals surface area contributed by atoms with Gasteiger partial charge in [-0.15, -0.1) is 0 Å². The maximum absolute atomic E-state index is 6.01. The molecule has 0 amide bonds. The van der Waals surface area contributed by atoms with Gasteiger partial charge in [-0.1, -0.05) is 58.0 Å². The van der Waals surface area contributed by atoms with E-state index >= 15 is 0 Å². The van der Waals surface area contributed by atoms with Gasteiger partial charge >= 0.3 is 0 Å². The Balaban J connectivity index is 2.03. The van der Waals surface area contributed by atoms with E-state index in [1.165, 1.54) is 5.56 Å². The fourth-order valence-electron chi connectivity index (χ4n) is 3.24. The van der Waals surface area contributed by atoms with Crippen molar-refractivity contribution in [1.29, 1.82) is 0 Å². The maximum Gasteiger partial charge on any atom is 0.209 e. The summed E-state index contributed by atoms with van der Waals surface area (Å²) in [4.78, 5) is 9.60. The van der Waals surface area contributed by atoms with E-state index in [1.807, 2.05) is 18.2 Å². The van der Waals surface area contributed by atoms with Crippen molar-refractivity contribution in [2.45, 2.75) is 52.8 Å². The van der Waals surface area contributed by atoms with Gasteiger partial charge in [0.05, 0.1) is 27.4 Å². The molecule has 1 aromatic rings. The van der Waals surface area contributed by atoms with Crippen LogP contribution >= 0.6 is 0 Å². The quantitative estimate of drug-likeness (QED) is 0.679. The van der Waals surface area contributed by atoms with Gasteiger partial charge < -0.3 is 14.2 Å². The maximum atomic E-state index is 6.01. The molecule has 0 bridgehead atoms. The molecule has 0 unspecified atom stereocenters. The first-order chi connectivity index (χ1) is 13.0. The summed E-state index contributed by atoms with van der Waals surface area (Å²) in [6.45, 7) is 9.99. The van der Waals surface area contributed by atoms with Crippen LogP contribution in [0.4, 0.5) is 0 Å². The normalized spacial score (nSPS) is 21.0. The molecular weight excluding hydrogens is 340 g/mol. The average molecular weight is 375 g/mol. The van der Waals surface area contributed by atoms with Gasteiger partial charge in [-0.05, 0) is 29.7 Å². The summed E-state index contributed by atoms with van der Waals surface area (Å²) >= 11 is 0. The average Bonchev–Trinajstić information content (AvgIpc) is 2.67.